The van der Waals surface area contributed by atoms with E-state index in [1.807, 2.05) is 0 Å². The van der Waals surface area contributed by atoms with Crippen LogP contribution in [0.25, 0.3) is 11.0 Å². The van der Waals surface area contributed by atoms with E-state index in [9.17, 15) is 0 Å². The fraction of sp³-hybridized carbons (Fsp3) is 0.200. The Balaban J connectivity index is 2.54. The Labute approximate surface area is 91.3 Å². The molecule has 0 aliphatic heterocycles. The van der Waals surface area contributed by atoms with Crippen molar-refractivity contribution in [1.82, 2.24) is 5.16 Å². The highest BCUT2D eigenvalue weighted by atomic mass is 16.5. The van der Waals surface area contributed by atoms with Crippen molar-refractivity contribution < 1.29 is 14.5 Å². The number of fused-ring (bicyclic) bond motifs is 1. The van der Waals surface area contributed by atoms with Gasteiger partial charge >= 0.3 is 0 Å². The SMILES string of the molecule is COc1cccc2onc(CC(N)=NO)c12. The van der Waals surface area contributed by atoms with Crippen LogP contribution in [0, 0.1) is 0 Å². The highest BCUT2D eigenvalue weighted by Gasteiger charge is 2.14. The molecule has 3 N–H and O–H groups in total. The quantitative estimate of drug-likeness (QED) is 0.350. The Hall–Kier alpha value is -2.24. The first-order valence-electron chi connectivity index (χ1n) is 4.64. The van der Waals surface area contributed by atoms with E-state index in [1.165, 1.54) is 0 Å². The molecule has 0 saturated carbocycles. The molecule has 0 unspecified atom stereocenters. The van der Waals surface area contributed by atoms with Gasteiger partial charge in [0.1, 0.15) is 17.3 Å². The number of nitrogens with two attached hydrogens (primary N) is 1. The molecule has 2 rings (SSSR count). The monoisotopic (exact) mass is 221 g/mol. The lowest BCUT2D eigenvalue weighted by molar-refractivity contribution is 0.317. The van der Waals surface area contributed by atoms with Crippen LogP contribution in [0.3, 0.4) is 0 Å². The van der Waals surface area contributed by atoms with Crippen LogP contribution in [0.1, 0.15) is 5.69 Å². The number of amidine groups is 1. The summed E-state index contributed by atoms with van der Waals surface area (Å²) in [7, 11) is 1.56. The predicted octanol–water partition coefficient (Wildman–Crippen LogP) is 1.13. The largest absolute Gasteiger partial charge is 0.496 e. The molecule has 0 aliphatic carbocycles. The van der Waals surface area contributed by atoms with Crippen molar-refractivity contribution in [2.24, 2.45) is 10.9 Å². The predicted molar refractivity (Wildman–Crippen MR) is 57.7 cm³/mol. The number of hydrogen-bond donors (Lipinski definition) is 2. The van der Waals surface area contributed by atoms with Gasteiger partial charge in [0.25, 0.3) is 0 Å². The van der Waals surface area contributed by atoms with E-state index >= 15 is 0 Å². The first kappa shape index (κ1) is 10.3. The molecule has 0 aliphatic rings. The summed E-state index contributed by atoms with van der Waals surface area (Å²) in [5.74, 6) is 0.723. The molecule has 0 fully saturated rings. The number of aromatic nitrogens is 1. The fourth-order valence-electron chi connectivity index (χ4n) is 1.52. The maximum absolute atomic E-state index is 8.51. The summed E-state index contributed by atoms with van der Waals surface area (Å²) in [5, 5.41) is 16.0. The molecule has 0 bridgehead atoms. The number of nitrogens with zero attached hydrogens (tertiary/aromatic N) is 2. The minimum atomic E-state index is 0.0705. The number of rotatable bonds is 3. The number of hydrogen-bond acceptors (Lipinski definition) is 5. The Morgan fingerprint density at radius 1 is 1.62 bits per heavy atom. The Kier molecular flexibility index (Phi) is 2.63. The zero-order chi connectivity index (χ0) is 11.5. The van der Waals surface area contributed by atoms with Crippen molar-refractivity contribution in [2.75, 3.05) is 7.11 Å². The zero-order valence-corrected chi connectivity index (χ0v) is 8.67. The third-order valence-electron chi connectivity index (χ3n) is 2.23. The molecular formula is C10H11N3O3. The van der Waals surface area contributed by atoms with Gasteiger partial charge in [-0.2, -0.15) is 0 Å². The summed E-state index contributed by atoms with van der Waals surface area (Å²) in [6.45, 7) is 0. The van der Waals surface area contributed by atoms with Crippen LogP contribution in [-0.2, 0) is 6.42 Å². The third-order valence-corrected chi connectivity index (χ3v) is 2.23. The minimum absolute atomic E-state index is 0.0705. The maximum atomic E-state index is 8.51. The second-order valence-electron chi connectivity index (χ2n) is 3.23. The average Bonchev–Trinajstić information content (AvgIpc) is 2.72. The van der Waals surface area contributed by atoms with Gasteiger partial charge in [-0.3, -0.25) is 0 Å². The molecule has 1 aromatic heterocycles. The maximum Gasteiger partial charge on any atom is 0.170 e. The van der Waals surface area contributed by atoms with Gasteiger partial charge in [0.15, 0.2) is 5.58 Å². The molecule has 6 nitrogen and oxygen atoms in total. The van der Waals surface area contributed by atoms with Gasteiger partial charge in [0, 0.05) is 0 Å². The summed E-state index contributed by atoms with van der Waals surface area (Å²) in [5.41, 5.74) is 6.62. The molecule has 0 radical (unpaired) electrons. The van der Waals surface area contributed by atoms with Crippen LogP contribution in [0.2, 0.25) is 0 Å². The van der Waals surface area contributed by atoms with Crippen molar-refractivity contribution in [2.45, 2.75) is 6.42 Å². The molecule has 6 heteroatoms. The van der Waals surface area contributed by atoms with Gasteiger partial charge < -0.3 is 20.2 Å². The van der Waals surface area contributed by atoms with E-state index in [0.29, 0.717) is 17.0 Å². The molecule has 1 aromatic carbocycles. The van der Waals surface area contributed by atoms with E-state index in [1.54, 1.807) is 25.3 Å². The van der Waals surface area contributed by atoms with Crippen LogP contribution in [0.15, 0.2) is 27.9 Å². The molecule has 1 heterocycles. The highest BCUT2D eigenvalue weighted by molar-refractivity contribution is 5.91. The lowest BCUT2D eigenvalue weighted by atomic mass is 10.1. The Bertz CT molecular complexity index is 533. The normalized spacial score (nSPS) is 11.9. The van der Waals surface area contributed by atoms with Crippen molar-refractivity contribution in [3.63, 3.8) is 0 Å². The van der Waals surface area contributed by atoms with E-state index in [-0.39, 0.29) is 12.3 Å². The summed E-state index contributed by atoms with van der Waals surface area (Å²) in [6, 6.07) is 5.38. The van der Waals surface area contributed by atoms with Crippen molar-refractivity contribution >= 4 is 16.8 Å². The number of oxime groups is 1. The lowest BCUT2D eigenvalue weighted by Crippen LogP contribution is -2.15. The summed E-state index contributed by atoms with van der Waals surface area (Å²) >= 11 is 0. The van der Waals surface area contributed by atoms with Gasteiger partial charge in [0.2, 0.25) is 0 Å². The number of benzene rings is 1. The van der Waals surface area contributed by atoms with Gasteiger partial charge in [-0.15, -0.1) is 0 Å². The van der Waals surface area contributed by atoms with Gasteiger partial charge in [-0.05, 0) is 12.1 Å². The molecule has 0 amide bonds. The molecule has 84 valence electrons. The topological polar surface area (TPSA) is 93.9 Å². The van der Waals surface area contributed by atoms with E-state index < -0.39 is 0 Å². The van der Waals surface area contributed by atoms with Crippen LogP contribution in [0.4, 0.5) is 0 Å². The van der Waals surface area contributed by atoms with Crippen LogP contribution in [0.5, 0.6) is 5.75 Å². The fourth-order valence-corrected chi connectivity index (χ4v) is 1.52. The first-order valence-corrected chi connectivity index (χ1v) is 4.64. The smallest absolute Gasteiger partial charge is 0.170 e. The molecule has 0 spiro atoms. The summed E-state index contributed by atoms with van der Waals surface area (Å²) in [4.78, 5) is 0. The van der Waals surface area contributed by atoms with Crippen molar-refractivity contribution in [3.05, 3.63) is 23.9 Å². The van der Waals surface area contributed by atoms with Crippen LogP contribution in [-0.4, -0.2) is 23.3 Å². The van der Waals surface area contributed by atoms with Gasteiger partial charge in [-0.25, -0.2) is 0 Å². The van der Waals surface area contributed by atoms with Gasteiger partial charge in [0.05, 0.1) is 18.9 Å². The Morgan fingerprint density at radius 2 is 2.44 bits per heavy atom. The Morgan fingerprint density at radius 3 is 3.12 bits per heavy atom. The van der Waals surface area contributed by atoms with Crippen molar-refractivity contribution in [1.29, 1.82) is 0 Å². The number of methoxy groups -OCH3 is 1. The molecule has 0 atom stereocenters. The summed E-state index contributed by atoms with van der Waals surface area (Å²) < 4.78 is 10.3. The molecular weight excluding hydrogens is 210 g/mol. The first-order chi connectivity index (χ1) is 7.76. The average molecular weight is 221 g/mol. The standard InChI is InChI=1S/C10H11N3O3/c1-15-7-3-2-4-8-10(7)6(13-16-8)5-9(11)12-14/h2-4,14H,5H2,1H3,(H2,11,12). The number of ether oxygens (including phenoxy) is 1. The highest BCUT2D eigenvalue weighted by Crippen LogP contribution is 2.28. The molecule has 0 saturated heterocycles. The molecule has 16 heavy (non-hydrogen) atoms. The molecule has 2 aromatic rings. The minimum Gasteiger partial charge on any atom is -0.496 e. The van der Waals surface area contributed by atoms with E-state index in [2.05, 4.69) is 10.3 Å². The lowest BCUT2D eigenvalue weighted by Gasteiger charge is -2.01. The van der Waals surface area contributed by atoms with Crippen LogP contribution >= 0.6 is 0 Å². The zero-order valence-electron chi connectivity index (χ0n) is 8.67. The van der Waals surface area contributed by atoms with Gasteiger partial charge in [-0.1, -0.05) is 16.4 Å². The third kappa shape index (κ3) is 1.65. The van der Waals surface area contributed by atoms with Crippen LogP contribution < -0.4 is 10.5 Å². The second kappa shape index (κ2) is 4.09. The van der Waals surface area contributed by atoms with E-state index in [4.69, 9.17) is 20.2 Å². The van der Waals surface area contributed by atoms with Crippen molar-refractivity contribution in [3.8, 4) is 5.75 Å². The van der Waals surface area contributed by atoms with E-state index in [0.717, 1.165) is 5.39 Å². The summed E-state index contributed by atoms with van der Waals surface area (Å²) in [6.07, 6.45) is 0.212. The second-order valence-corrected chi connectivity index (χ2v) is 3.23.